The van der Waals surface area contributed by atoms with Crippen LogP contribution in [-0.2, 0) is 4.74 Å². The van der Waals surface area contributed by atoms with Crippen molar-refractivity contribution in [3.05, 3.63) is 54.4 Å². The number of benzene rings is 1. The highest BCUT2D eigenvalue weighted by molar-refractivity contribution is 5.93. The van der Waals surface area contributed by atoms with Crippen molar-refractivity contribution in [3.63, 3.8) is 0 Å². The van der Waals surface area contributed by atoms with Crippen LogP contribution in [0.1, 0.15) is 24.3 Å². The summed E-state index contributed by atoms with van der Waals surface area (Å²) in [6.45, 7) is 4.43. The molecule has 2 heterocycles. The highest BCUT2D eigenvalue weighted by atomic mass is 16.5. The number of fused-ring (bicyclic) bond motifs is 1. The molecule has 0 spiro atoms. The fourth-order valence-corrected chi connectivity index (χ4v) is 2.33. The lowest BCUT2D eigenvalue weighted by Crippen LogP contribution is -2.05. The van der Waals surface area contributed by atoms with E-state index in [9.17, 15) is 4.79 Å². The fourth-order valence-electron chi connectivity index (χ4n) is 2.33. The van der Waals surface area contributed by atoms with Gasteiger partial charge in [-0.25, -0.2) is 9.78 Å². The van der Waals surface area contributed by atoms with Crippen molar-refractivity contribution >= 4 is 23.1 Å². The summed E-state index contributed by atoms with van der Waals surface area (Å²) in [6, 6.07) is 12.8. The van der Waals surface area contributed by atoms with Crippen LogP contribution in [0.3, 0.4) is 0 Å². The first-order valence-electron chi connectivity index (χ1n) is 8.02. The number of imidazole rings is 1. The minimum Gasteiger partial charge on any atom is -0.492 e. The molecule has 0 saturated carbocycles. The van der Waals surface area contributed by atoms with Crippen molar-refractivity contribution in [1.29, 1.82) is 0 Å². The van der Waals surface area contributed by atoms with Crippen LogP contribution in [0.15, 0.2) is 58.9 Å². The number of para-hydroxylation sites is 1. The van der Waals surface area contributed by atoms with Gasteiger partial charge in [-0.05, 0) is 38.1 Å². The molecule has 0 N–H and O–H groups in total. The molecule has 0 aliphatic carbocycles. The van der Waals surface area contributed by atoms with Crippen LogP contribution in [0, 0.1) is 0 Å². The topological polar surface area (TPSA) is 77.5 Å². The highest BCUT2D eigenvalue weighted by Crippen LogP contribution is 2.30. The van der Waals surface area contributed by atoms with E-state index < -0.39 is 5.97 Å². The summed E-state index contributed by atoms with van der Waals surface area (Å²) in [6.07, 6.45) is 1.77. The van der Waals surface area contributed by atoms with Gasteiger partial charge >= 0.3 is 5.97 Å². The van der Waals surface area contributed by atoms with Crippen molar-refractivity contribution < 1.29 is 14.3 Å². The largest absolute Gasteiger partial charge is 0.492 e. The predicted octanol–water partition coefficient (Wildman–Crippen LogP) is 4.33. The average molecular weight is 338 g/mol. The Labute approximate surface area is 144 Å². The zero-order chi connectivity index (χ0) is 17.6. The van der Waals surface area contributed by atoms with Gasteiger partial charge in [-0.2, -0.15) is 0 Å². The number of esters is 1. The smallest absolute Gasteiger partial charge is 0.360 e. The van der Waals surface area contributed by atoms with E-state index in [-0.39, 0.29) is 12.3 Å². The Kier molecular flexibility index (Phi) is 5.03. The first-order valence-corrected chi connectivity index (χ1v) is 8.02. The monoisotopic (exact) mass is 338 g/mol. The highest BCUT2D eigenvalue weighted by Gasteiger charge is 2.20. The Morgan fingerprint density at radius 3 is 2.68 bits per heavy atom. The van der Waals surface area contributed by atoms with Crippen LogP contribution >= 0.6 is 0 Å². The van der Waals surface area contributed by atoms with Gasteiger partial charge in [-0.3, -0.25) is 4.40 Å². The van der Waals surface area contributed by atoms with E-state index in [4.69, 9.17) is 9.47 Å². The van der Waals surface area contributed by atoms with E-state index in [1.165, 1.54) is 0 Å². The van der Waals surface area contributed by atoms with Crippen molar-refractivity contribution in [2.75, 3.05) is 13.2 Å². The molecule has 7 nitrogen and oxygen atoms in total. The Morgan fingerprint density at radius 1 is 1.08 bits per heavy atom. The molecule has 2 aromatic heterocycles. The first-order chi connectivity index (χ1) is 12.2. The second-order valence-corrected chi connectivity index (χ2v) is 5.03. The first kappa shape index (κ1) is 16.6. The summed E-state index contributed by atoms with van der Waals surface area (Å²) in [5, 5.41) is 8.51. The lowest BCUT2D eigenvalue weighted by atomic mass is 10.3. The van der Waals surface area contributed by atoms with Crippen molar-refractivity contribution in [1.82, 2.24) is 9.38 Å². The summed E-state index contributed by atoms with van der Waals surface area (Å²) in [5.41, 5.74) is 1.30. The number of azo groups is 1. The van der Waals surface area contributed by atoms with Crippen molar-refractivity contribution in [2.24, 2.45) is 10.2 Å². The van der Waals surface area contributed by atoms with Crippen LogP contribution in [0.2, 0.25) is 0 Å². The molecule has 0 atom stereocenters. The number of rotatable bonds is 6. The van der Waals surface area contributed by atoms with Crippen LogP contribution in [0.5, 0.6) is 5.75 Å². The molecule has 1 aromatic carbocycles. The molecule has 7 heteroatoms. The predicted molar refractivity (Wildman–Crippen MR) is 92.9 cm³/mol. The quantitative estimate of drug-likeness (QED) is 0.495. The van der Waals surface area contributed by atoms with E-state index in [0.717, 1.165) is 0 Å². The summed E-state index contributed by atoms with van der Waals surface area (Å²) >= 11 is 0. The number of nitrogens with zero attached hydrogens (tertiary/aromatic N) is 4. The number of hydrogen-bond acceptors (Lipinski definition) is 6. The average Bonchev–Trinajstić information content (AvgIpc) is 3.00. The van der Waals surface area contributed by atoms with Gasteiger partial charge in [0.2, 0.25) is 0 Å². The second-order valence-electron chi connectivity index (χ2n) is 5.03. The second kappa shape index (κ2) is 7.57. The molecule has 0 amide bonds. The van der Waals surface area contributed by atoms with Crippen LogP contribution in [0.4, 0.5) is 11.5 Å². The van der Waals surface area contributed by atoms with Crippen LogP contribution < -0.4 is 4.74 Å². The normalized spacial score (nSPS) is 11.1. The van der Waals surface area contributed by atoms with Crippen LogP contribution in [-0.4, -0.2) is 28.6 Å². The van der Waals surface area contributed by atoms with Crippen LogP contribution in [0.25, 0.3) is 5.65 Å². The third kappa shape index (κ3) is 3.50. The van der Waals surface area contributed by atoms with Gasteiger partial charge in [-0.1, -0.05) is 18.2 Å². The molecule has 3 aromatic rings. The molecule has 25 heavy (non-hydrogen) atoms. The minimum absolute atomic E-state index is 0.130. The van der Waals surface area contributed by atoms with Gasteiger partial charge in [-0.15, -0.1) is 10.2 Å². The summed E-state index contributed by atoms with van der Waals surface area (Å²) in [5.74, 6) is 0.416. The summed E-state index contributed by atoms with van der Waals surface area (Å²) < 4.78 is 12.3. The van der Waals surface area contributed by atoms with Gasteiger partial charge in [0.05, 0.1) is 13.2 Å². The van der Waals surface area contributed by atoms with Gasteiger partial charge in [0, 0.05) is 6.20 Å². The lowest BCUT2D eigenvalue weighted by molar-refractivity contribution is 0.0521. The summed E-state index contributed by atoms with van der Waals surface area (Å²) in [7, 11) is 0. The maximum absolute atomic E-state index is 12.2. The third-order valence-electron chi connectivity index (χ3n) is 3.39. The molecule has 0 fully saturated rings. The molecule has 0 saturated heterocycles. The Bertz CT molecular complexity index is 918. The maximum Gasteiger partial charge on any atom is 0.360 e. The summed E-state index contributed by atoms with van der Waals surface area (Å²) in [4.78, 5) is 16.5. The molecule has 3 rings (SSSR count). The number of hydrogen-bond donors (Lipinski definition) is 0. The number of ether oxygens (including phenoxy) is 2. The van der Waals surface area contributed by atoms with Crippen molar-refractivity contribution in [2.45, 2.75) is 13.8 Å². The van der Waals surface area contributed by atoms with Gasteiger partial charge in [0.15, 0.2) is 11.5 Å². The molecule has 0 bridgehead atoms. The molecule has 0 aliphatic heterocycles. The SMILES string of the molecule is CCOC(=O)c1nc2ccccn2c1N=Nc1ccccc1OCC. The van der Waals surface area contributed by atoms with Gasteiger partial charge < -0.3 is 9.47 Å². The molecule has 0 aliphatic rings. The van der Waals surface area contributed by atoms with E-state index in [2.05, 4.69) is 15.2 Å². The minimum atomic E-state index is -0.529. The zero-order valence-electron chi connectivity index (χ0n) is 14.0. The van der Waals surface area contributed by atoms with Crippen molar-refractivity contribution in [3.8, 4) is 5.75 Å². The zero-order valence-corrected chi connectivity index (χ0v) is 14.0. The molecule has 128 valence electrons. The van der Waals surface area contributed by atoms with E-state index >= 15 is 0 Å². The molecule has 0 unspecified atom stereocenters. The number of aromatic nitrogens is 2. The van der Waals surface area contributed by atoms with Gasteiger partial charge in [0.1, 0.15) is 17.1 Å². The Morgan fingerprint density at radius 2 is 1.88 bits per heavy atom. The van der Waals surface area contributed by atoms with E-state index in [0.29, 0.717) is 29.5 Å². The Balaban J connectivity index is 2.06. The Hall–Kier alpha value is -3.22. The van der Waals surface area contributed by atoms with E-state index in [1.807, 2.05) is 37.3 Å². The maximum atomic E-state index is 12.2. The standard InChI is InChI=1S/C18H18N4O3/c1-3-24-14-10-6-5-9-13(14)20-21-17-16(18(23)25-4-2)19-15-11-7-8-12-22(15)17/h5-12H,3-4H2,1-2H3. The number of carbonyl (C=O) groups is 1. The number of pyridine rings is 1. The lowest BCUT2D eigenvalue weighted by Gasteiger charge is -2.05. The fraction of sp³-hybridized carbons (Fsp3) is 0.222. The number of carbonyl (C=O) groups excluding carboxylic acids is 1. The van der Waals surface area contributed by atoms with Gasteiger partial charge in [0.25, 0.3) is 0 Å². The molecule has 0 radical (unpaired) electrons. The third-order valence-corrected chi connectivity index (χ3v) is 3.39. The molecular weight excluding hydrogens is 320 g/mol. The molecular formula is C18H18N4O3. The van der Waals surface area contributed by atoms with E-state index in [1.54, 1.807) is 29.7 Å².